The van der Waals surface area contributed by atoms with E-state index in [1.54, 1.807) is 30.5 Å². The van der Waals surface area contributed by atoms with Crippen molar-refractivity contribution in [1.82, 2.24) is 20.2 Å². The summed E-state index contributed by atoms with van der Waals surface area (Å²) in [7, 11) is -3.44. The average molecular weight is 562 g/mol. The van der Waals surface area contributed by atoms with Gasteiger partial charge >= 0.3 is 0 Å². The van der Waals surface area contributed by atoms with Crippen LogP contribution in [0, 0.1) is 12.8 Å². The smallest absolute Gasteiger partial charge is 0.274 e. The van der Waals surface area contributed by atoms with Crippen molar-refractivity contribution in [1.29, 1.82) is 0 Å². The molecule has 3 atom stereocenters. The number of rotatable bonds is 7. The summed E-state index contributed by atoms with van der Waals surface area (Å²) < 4.78 is 25.9. The van der Waals surface area contributed by atoms with E-state index in [0.717, 1.165) is 35.1 Å². The summed E-state index contributed by atoms with van der Waals surface area (Å²) in [6, 6.07) is 16.3. The summed E-state index contributed by atoms with van der Waals surface area (Å²) in [5.74, 6) is 0.0557. The van der Waals surface area contributed by atoms with Gasteiger partial charge in [-0.2, -0.15) is 0 Å². The molecule has 0 bridgehead atoms. The van der Waals surface area contributed by atoms with Crippen LogP contribution in [0.25, 0.3) is 21.3 Å². The topological polar surface area (TPSA) is 121 Å². The molecule has 2 aromatic heterocycles. The van der Waals surface area contributed by atoms with Gasteiger partial charge in [-0.15, -0.1) is 11.3 Å². The molecule has 2 N–H and O–H groups in total. The van der Waals surface area contributed by atoms with Crippen molar-refractivity contribution in [3.05, 3.63) is 77.1 Å². The second-order valence-corrected chi connectivity index (χ2v) is 13.1. The summed E-state index contributed by atoms with van der Waals surface area (Å²) in [5, 5.41) is 4.68. The number of para-hydroxylation sites is 1. The Morgan fingerprint density at radius 1 is 1.10 bits per heavy atom. The molecule has 11 heteroatoms. The van der Waals surface area contributed by atoms with Crippen LogP contribution in [0.4, 0.5) is 5.69 Å². The Morgan fingerprint density at radius 2 is 1.90 bits per heavy atom. The zero-order chi connectivity index (χ0) is 27.3. The molecule has 2 aromatic carbocycles. The summed E-state index contributed by atoms with van der Waals surface area (Å²) >= 11 is 1.40. The number of piperidine rings is 1. The number of pyridine rings is 1. The zero-order valence-electron chi connectivity index (χ0n) is 21.4. The van der Waals surface area contributed by atoms with E-state index in [4.69, 9.17) is 0 Å². The van der Waals surface area contributed by atoms with E-state index in [9.17, 15) is 18.0 Å². The third kappa shape index (κ3) is 5.11. The number of anilines is 1. The Kier molecular flexibility index (Phi) is 6.35. The summed E-state index contributed by atoms with van der Waals surface area (Å²) in [5.41, 5.74) is 2.66. The number of hydrogen-bond acceptors (Lipinski definition) is 7. The van der Waals surface area contributed by atoms with Crippen molar-refractivity contribution in [2.24, 2.45) is 5.92 Å². The second kappa shape index (κ2) is 9.73. The average Bonchev–Trinajstić information content (AvgIpc) is 3.39. The molecule has 200 valence electrons. The molecule has 0 radical (unpaired) electrons. The van der Waals surface area contributed by atoms with Gasteiger partial charge in [0.1, 0.15) is 5.69 Å². The predicted octanol–water partition coefficient (Wildman–Crippen LogP) is 4.07. The quantitative estimate of drug-likeness (QED) is 0.351. The van der Waals surface area contributed by atoms with Gasteiger partial charge in [0.2, 0.25) is 10.0 Å². The number of thiazole rings is 1. The Hall–Kier alpha value is -3.83. The molecule has 1 saturated carbocycles. The maximum atomic E-state index is 13.9. The SMILES string of the molecule is Cc1nc(C(=O)N2C(CNC(=O)c3cccc4cccnc34)CC3CC32)c(-c2cccc(NS(C)(=O)=O)c2)s1. The van der Waals surface area contributed by atoms with Crippen LogP contribution in [-0.2, 0) is 10.0 Å². The Morgan fingerprint density at radius 3 is 2.72 bits per heavy atom. The number of carbonyl (C=O) groups excluding carboxylic acids is 2. The molecule has 2 aliphatic rings. The monoisotopic (exact) mass is 561 g/mol. The minimum Gasteiger partial charge on any atom is -0.350 e. The third-order valence-electron chi connectivity index (χ3n) is 7.19. The van der Waals surface area contributed by atoms with Crippen molar-refractivity contribution < 1.29 is 18.0 Å². The van der Waals surface area contributed by atoms with E-state index >= 15 is 0 Å². The highest BCUT2D eigenvalue weighted by atomic mass is 32.2. The van der Waals surface area contributed by atoms with E-state index in [1.807, 2.05) is 42.2 Å². The Labute approximate surface area is 230 Å². The van der Waals surface area contributed by atoms with Crippen LogP contribution in [0.2, 0.25) is 0 Å². The highest BCUT2D eigenvalue weighted by Gasteiger charge is 2.54. The lowest BCUT2D eigenvalue weighted by atomic mass is 10.1. The molecule has 9 nitrogen and oxygen atoms in total. The summed E-state index contributed by atoms with van der Waals surface area (Å²) in [6.07, 6.45) is 4.55. The number of carbonyl (C=O) groups is 2. The van der Waals surface area contributed by atoms with E-state index in [0.29, 0.717) is 39.8 Å². The molecule has 39 heavy (non-hydrogen) atoms. The van der Waals surface area contributed by atoms with Crippen molar-refractivity contribution in [3.8, 4) is 10.4 Å². The van der Waals surface area contributed by atoms with Crippen LogP contribution in [0.1, 0.15) is 38.7 Å². The van der Waals surface area contributed by atoms with Crippen LogP contribution in [0.5, 0.6) is 0 Å². The van der Waals surface area contributed by atoms with Crippen LogP contribution in [0.3, 0.4) is 0 Å². The first-order valence-corrected chi connectivity index (χ1v) is 15.4. The highest BCUT2D eigenvalue weighted by Crippen LogP contribution is 2.49. The van der Waals surface area contributed by atoms with Crippen LogP contribution >= 0.6 is 11.3 Å². The fourth-order valence-corrected chi connectivity index (χ4v) is 6.94. The second-order valence-electron chi connectivity index (χ2n) is 10.1. The van der Waals surface area contributed by atoms with Crippen LogP contribution in [-0.4, -0.2) is 60.0 Å². The molecule has 2 amide bonds. The minimum absolute atomic E-state index is 0.138. The van der Waals surface area contributed by atoms with Gasteiger partial charge in [-0.05, 0) is 55.5 Å². The number of nitrogens with one attached hydrogen (secondary N) is 2. The molecule has 3 unspecified atom stereocenters. The van der Waals surface area contributed by atoms with E-state index in [2.05, 4.69) is 20.0 Å². The van der Waals surface area contributed by atoms with E-state index in [-0.39, 0.29) is 23.9 Å². The van der Waals surface area contributed by atoms with Gasteiger partial charge in [0.15, 0.2) is 0 Å². The van der Waals surface area contributed by atoms with Crippen molar-refractivity contribution in [2.45, 2.75) is 31.8 Å². The predicted molar refractivity (Wildman–Crippen MR) is 151 cm³/mol. The summed E-state index contributed by atoms with van der Waals surface area (Å²) in [4.78, 5) is 38.6. The van der Waals surface area contributed by atoms with Crippen molar-refractivity contribution >= 4 is 49.8 Å². The lowest BCUT2D eigenvalue weighted by Crippen LogP contribution is -2.45. The van der Waals surface area contributed by atoms with Gasteiger partial charge in [0, 0.05) is 29.9 Å². The number of amides is 2. The number of fused-ring (bicyclic) bond motifs is 2. The van der Waals surface area contributed by atoms with E-state index < -0.39 is 10.0 Å². The molecule has 1 saturated heterocycles. The number of aryl methyl sites for hydroxylation is 1. The highest BCUT2D eigenvalue weighted by molar-refractivity contribution is 7.92. The zero-order valence-corrected chi connectivity index (χ0v) is 23.1. The molecule has 4 aromatic rings. The molecule has 1 aliphatic heterocycles. The van der Waals surface area contributed by atoms with Gasteiger partial charge in [-0.3, -0.25) is 19.3 Å². The number of sulfonamides is 1. The van der Waals surface area contributed by atoms with Gasteiger partial charge in [-0.25, -0.2) is 13.4 Å². The number of aromatic nitrogens is 2. The maximum Gasteiger partial charge on any atom is 0.274 e. The number of benzene rings is 2. The molecule has 1 aliphatic carbocycles. The molecule has 2 fully saturated rings. The number of hydrogen-bond donors (Lipinski definition) is 2. The fraction of sp³-hybridized carbons (Fsp3) is 0.286. The van der Waals surface area contributed by atoms with Gasteiger partial charge in [0.25, 0.3) is 11.8 Å². The first-order chi connectivity index (χ1) is 18.7. The standard InChI is InChI=1S/C28H27N5O4S2/c1-16-31-25(26(38-16)18-7-3-9-20(12-18)32-39(2,36)37)28(35)33-21(13-19-14-23(19)33)15-30-27(34)22-10-4-6-17-8-5-11-29-24(17)22/h3-12,19,21,23,32H,13-15H2,1-2H3,(H,30,34). The molecular weight excluding hydrogens is 534 g/mol. The molecule has 3 heterocycles. The third-order valence-corrected chi connectivity index (χ3v) is 8.81. The Bertz CT molecular complexity index is 1710. The van der Waals surface area contributed by atoms with Crippen molar-refractivity contribution in [2.75, 3.05) is 17.5 Å². The summed E-state index contributed by atoms with van der Waals surface area (Å²) in [6.45, 7) is 2.19. The maximum absolute atomic E-state index is 13.9. The van der Waals surface area contributed by atoms with Gasteiger partial charge in [-0.1, -0.05) is 30.3 Å². The van der Waals surface area contributed by atoms with Gasteiger partial charge in [0.05, 0.1) is 33.3 Å². The molecule has 6 rings (SSSR count). The molecular formula is C28H27N5O4S2. The normalized spacial score (nSPS) is 20.1. The Balaban J connectivity index is 1.23. The lowest BCUT2D eigenvalue weighted by molar-refractivity contribution is 0.0684. The van der Waals surface area contributed by atoms with Gasteiger partial charge < -0.3 is 10.2 Å². The largest absolute Gasteiger partial charge is 0.350 e. The fourth-order valence-electron chi connectivity index (χ4n) is 5.48. The van der Waals surface area contributed by atoms with Crippen LogP contribution < -0.4 is 10.0 Å². The van der Waals surface area contributed by atoms with Crippen molar-refractivity contribution in [3.63, 3.8) is 0 Å². The first-order valence-electron chi connectivity index (χ1n) is 12.7. The number of likely N-dealkylation sites (tertiary alicyclic amines) is 1. The van der Waals surface area contributed by atoms with E-state index in [1.165, 1.54) is 11.3 Å². The minimum atomic E-state index is -3.44. The molecule has 0 spiro atoms. The first kappa shape index (κ1) is 25.4. The number of nitrogens with zero attached hydrogens (tertiary/aromatic N) is 3. The van der Waals surface area contributed by atoms with Crippen LogP contribution in [0.15, 0.2) is 60.8 Å². The lowest BCUT2D eigenvalue weighted by Gasteiger charge is -2.27.